The number of hydrogen-bond acceptors (Lipinski definition) is 2. The first-order valence-corrected chi connectivity index (χ1v) is 4.28. The summed E-state index contributed by atoms with van der Waals surface area (Å²) in [7, 11) is -1.77. The van der Waals surface area contributed by atoms with Crippen molar-refractivity contribution in [3.63, 3.8) is 0 Å². The Morgan fingerprint density at radius 1 is 1.78 bits per heavy atom. The molecule has 0 heterocycles. The predicted octanol–water partition coefficient (Wildman–Crippen LogP) is 2.69. The van der Waals surface area contributed by atoms with Crippen molar-refractivity contribution in [1.29, 1.82) is 0 Å². The average molecular weight is 188 g/mol. The highest BCUT2D eigenvalue weighted by molar-refractivity contribution is 7.42. The van der Waals surface area contributed by atoms with Crippen LogP contribution in [-0.2, 0) is 9.09 Å². The highest BCUT2D eigenvalue weighted by Gasteiger charge is 2.12. The number of hydrogen-bond donors (Lipinski definition) is 0. The van der Waals surface area contributed by atoms with Crippen molar-refractivity contribution in [2.45, 2.75) is 4.84 Å². The lowest BCUT2D eigenvalue weighted by Crippen LogP contribution is -1.95. The molecule has 1 unspecified atom stereocenters. The summed E-state index contributed by atoms with van der Waals surface area (Å²) in [6, 6.07) is 0. The van der Waals surface area contributed by atoms with Gasteiger partial charge in [0.15, 0.2) is 5.82 Å². The van der Waals surface area contributed by atoms with Crippen molar-refractivity contribution < 1.29 is 9.09 Å². The third-order valence-corrected chi connectivity index (χ3v) is 1.43. The molecule has 5 heteroatoms. The summed E-state index contributed by atoms with van der Waals surface area (Å²) in [5, 5.41) is 0. The summed E-state index contributed by atoms with van der Waals surface area (Å²) < 4.78 is 15.0. The first-order valence-electron chi connectivity index (χ1n) is 2.16. The zero-order valence-corrected chi connectivity index (χ0v) is 6.99. The topological polar surface area (TPSA) is 26.3 Å². The van der Waals surface area contributed by atoms with Gasteiger partial charge in [0.1, 0.15) is 11.4 Å². The molecule has 2 nitrogen and oxygen atoms in total. The Morgan fingerprint density at radius 3 is 2.67 bits per heavy atom. The molecule has 0 aliphatic heterocycles. The first kappa shape index (κ1) is 9.38. The fourth-order valence-corrected chi connectivity index (χ4v) is 0.886. The van der Waals surface area contributed by atoms with Gasteiger partial charge in [-0.05, 0) is 11.1 Å². The minimum atomic E-state index is -1.77. The van der Waals surface area contributed by atoms with Gasteiger partial charge in [-0.2, -0.15) is 0 Å². The molecule has 0 aromatic carbocycles. The van der Waals surface area contributed by atoms with E-state index < -0.39 is 12.9 Å². The Hall–Kier alpha value is 0.380. The van der Waals surface area contributed by atoms with E-state index in [2.05, 4.69) is 11.1 Å². The molecule has 9 heavy (non-hydrogen) atoms. The first-order chi connectivity index (χ1) is 4.16. The van der Waals surface area contributed by atoms with Gasteiger partial charge in [0.2, 0.25) is 0 Å². The molecule has 0 bridgehead atoms. The van der Waals surface area contributed by atoms with Crippen LogP contribution in [0, 0.1) is 0 Å². The molecule has 0 fully saturated rings. The average Bonchev–Trinajstić information content (AvgIpc) is 1.83. The lowest BCUT2D eigenvalue weighted by atomic mass is 10.9. The maximum absolute atomic E-state index is 10.4. The second kappa shape index (κ2) is 5.19. The summed E-state index contributed by atoms with van der Waals surface area (Å²) in [6.45, 7) is 3.32. The van der Waals surface area contributed by atoms with Crippen LogP contribution in [0.15, 0.2) is 12.4 Å². The molecule has 0 spiro atoms. The van der Waals surface area contributed by atoms with Crippen LogP contribution in [0.5, 0.6) is 0 Å². The largest absolute Gasteiger partial charge is 0.540 e. The van der Waals surface area contributed by atoms with Gasteiger partial charge in [0.25, 0.3) is 0 Å². The quantitative estimate of drug-likeness (QED) is 0.500. The third-order valence-electron chi connectivity index (χ3n) is 0.477. The highest BCUT2D eigenvalue weighted by atomic mass is 35.5. The molecular weight excluding hydrogens is 182 g/mol. The normalized spacial score (nSPS) is 11.7. The Kier molecular flexibility index (Phi) is 5.41. The van der Waals surface area contributed by atoms with Crippen LogP contribution >= 0.6 is 31.2 Å². The molecule has 0 radical (unpaired) electrons. The fourth-order valence-electron chi connectivity index (χ4n) is 0.183. The van der Waals surface area contributed by atoms with E-state index in [1.165, 1.54) is 5.82 Å². The van der Waals surface area contributed by atoms with Gasteiger partial charge in [-0.25, -0.2) is 0 Å². The van der Waals surface area contributed by atoms with Crippen molar-refractivity contribution in [3.05, 3.63) is 12.4 Å². The predicted molar refractivity (Wildman–Crippen MR) is 39.2 cm³/mol. The van der Waals surface area contributed by atoms with Gasteiger partial charge in [0, 0.05) is 0 Å². The lowest BCUT2D eigenvalue weighted by Gasteiger charge is -1.88. The molecular formula is C4H6Cl2O2P+. The zero-order chi connectivity index (χ0) is 7.28. The van der Waals surface area contributed by atoms with Crippen LogP contribution in [0.1, 0.15) is 0 Å². The smallest absolute Gasteiger partial charge is 0.139 e. The molecule has 52 valence electrons. The summed E-state index contributed by atoms with van der Waals surface area (Å²) in [5.74, 6) is 1.20. The van der Waals surface area contributed by atoms with Crippen LogP contribution in [-0.4, -0.2) is 11.4 Å². The molecule has 0 saturated heterocycles. The summed E-state index contributed by atoms with van der Waals surface area (Å²) in [6.07, 6.45) is 0. The molecule has 0 aliphatic carbocycles. The van der Waals surface area contributed by atoms with Crippen molar-refractivity contribution >= 4 is 31.2 Å². The molecule has 0 aromatic heterocycles. The van der Waals surface area contributed by atoms with E-state index in [9.17, 15) is 4.57 Å². The molecule has 1 atom stereocenters. The van der Waals surface area contributed by atoms with Crippen LogP contribution in [0.4, 0.5) is 0 Å². The molecule has 0 amide bonds. The fraction of sp³-hybridized carbons (Fsp3) is 0.500. The summed E-state index contributed by atoms with van der Waals surface area (Å²) >= 11 is 10.5. The van der Waals surface area contributed by atoms with E-state index in [0.29, 0.717) is 0 Å². The minimum Gasteiger partial charge on any atom is -0.139 e. The number of halogens is 2. The second-order valence-corrected chi connectivity index (χ2v) is 3.63. The molecule has 0 aliphatic rings. The maximum Gasteiger partial charge on any atom is 0.540 e. The Bertz CT molecular complexity index is 115. The van der Waals surface area contributed by atoms with Crippen molar-refractivity contribution in [1.82, 2.24) is 0 Å². The van der Waals surface area contributed by atoms with Crippen LogP contribution in [0.3, 0.4) is 0 Å². The van der Waals surface area contributed by atoms with Crippen LogP contribution in [0.2, 0.25) is 0 Å². The standard InChI is InChI=1S/C4H6Cl2O2P/c1-2-9(7)8-3-4(5)6/h2,4H,1,3H2/q+1. The van der Waals surface area contributed by atoms with Crippen molar-refractivity contribution in [2.24, 2.45) is 0 Å². The molecule has 0 rings (SSSR count). The van der Waals surface area contributed by atoms with Crippen molar-refractivity contribution in [3.8, 4) is 0 Å². The van der Waals surface area contributed by atoms with Gasteiger partial charge in [-0.15, -0.1) is 27.7 Å². The van der Waals surface area contributed by atoms with E-state index in [1.807, 2.05) is 0 Å². The Labute approximate surface area is 64.7 Å². The molecule has 0 saturated carbocycles. The van der Waals surface area contributed by atoms with E-state index in [0.717, 1.165) is 0 Å². The SMILES string of the molecule is C=C[P+](=O)OCC(Cl)Cl. The monoisotopic (exact) mass is 187 g/mol. The van der Waals surface area contributed by atoms with Gasteiger partial charge in [-0.1, -0.05) is 0 Å². The number of rotatable bonds is 4. The Morgan fingerprint density at radius 2 is 2.33 bits per heavy atom. The van der Waals surface area contributed by atoms with Gasteiger partial charge in [0.05, 0.1) is 0 Å². The lowest BCUT2D eigenvalue weighted by molar-refractivity contribution is 0.351. The van der Waals surface area contributed by atoms with E-state index in [-0.39, 0.29) is 6.61 Å². The van der Waals surface area contributed by atoms with E-state index >= 15 is 0 Å². The van der Waals surface area contributed by atoms with Crippen LogP contribution in [0.25, 0.3) is 0 Å². The minimum absolute atomic E-state index is 0.0737. The summed E-state index contributed by atoms with van der Waals surface area (Å²) in [5.41, 5.74) is 0. The molecule has 0 aromatic rings. The van der Waals surface area contributed by atoms with Crippen LogP contribution < -0.4 is 0 Å². The molecule has 0 N–H and O–H groups in total. The van der Waals surface area contributed by atoms with Gasteiger partial charge in [-0.3, -0.25) is 0 Å². The Balaban J connectivity index is 3.27. The van der Waals surface area contributed by atoms with Gasteiger partial charge < -0.3 is 0 Å². The van der Waals surface area contributed by atoms with Crippen molar-refractivity contribution in [2.75, 3.05) is 6.61 Å². The number of alkyl halides is 2. The zero-order valence-electron chi connectivity index (χ0n) is 4.59. The summed E-state index contributed by atoms with van der Waals surface area (Å²) in [4.78, 5) is -0.621. The second-order valence-electron chi connectivity index (χ2n) is 1.15. The maximum atomic E-state index is 10.4. The highest BCUT2D eigenvalue weighted by Crippen LogP contribution is 2.23. The van der Waals surface area contributed by atoms with E-state index in [4.69, 9.17) is 23.2 Å². The third kappa shape index (κ3) is 6.26. The van der Waals surface area contributed by atoms with E-state index in [1.54, 1.807) is 0 Å². The van der Waals surface area contributed by atoms with Gasteiger partial charge >= 0.3 is 8.03 Å².